The Kier molecular flexibility index (Phi) is 10.5. The fourth-order valence-electron chi connectivity index (χ4n) is 3.21. The predicted octanol–water partition coefficient (Wildman–Crippen LogP) is 5.65. The van der Waals surface area contributed by atoms with Crippen molar-refractivity contribution in [2.45, 2.75) is 25.7 Å². The first kappa shape index (κ1) is 26.9. The van der Waals surface area contributed by atoms with Crippen LogP contribution in [0, 0.1) is 0 Å². The summed E-state index contributed by atoms with van der Waals surface area (Å²) >= 11 is 12.0. The van der Waals surface area contributed by atoms with Crippen LogP contribution in [-0.2, 0) is 4.79 Å². The topological polar surface area (TPSA) is 96.9 Å². The van der Waals surface area contributed by atoms with Crippen LogP contribution in [0.1, 0.15) is 52.0 Å². The van der Waals surface area contributed by atoms with Crippen LogP contribution in [0.2, 0.25) is 10.0 Å². The molecule has 0 saturated heterocycles. The Hall–Kier alpha value is -3.68. The van der Waals surface area contributed by atoms with Crippen molar-refractivity contribution in [2.75, 3.05) is 6.54 Å². The normalized spacial score (nSPS) is 10.7. The molecule has 0 spiro atoms. The van der Waals surface area contributed by atoms with Gasteiger partial charge < -0.3 is 10.1 Å². The molecule has 2 amide bonds. The molecule has 9 heteroatoms. The summed E-state index contributed by atoms with van der Waals surface area (Å²) in [6, 6.07) is 20.2. The number of hydrogen-bond donors (Lipinski definition) is 2. The van der Waals surface area contributed by atoms with Crippen molar-refractivity contribution < 1.29 is 19.1 Å². The number of benzene rings is 3. The zero-order chi connectivity index (χ0) is 25.8. The van der Waals surface area contributed by atoms with E-state index in [0.717, 1.165) is 12.8 Å². The van der Waals surface area contributed by atoms with Gasteiger partial charge in [-0.15, -0.1) is 0 Å². The number of rotatable bonds is 11. The number of hydrazone groups is 1. The van der Waals surface area contributed by atoms with Crippen molar-refractivity contribution in [3.8, 4) is 5.75 Å². The molecule has 3 aromatic carbocycles. The molecule has 3 aromatic rings. The predicted molar refractivity (Wildman–Crippen MR) is 141 cm³/mol. The number of esters is 1. The van der Waals surface area contributed by atoms with E-state index >= 15 is 0 Å². The van der Waals surface area contributed by atoms with E-state index in [1.165, 1.54) is 6.21 Å². The summed E-state index contributed by atoms with van der Waals surface area (Å²) in [7, 11) is 0. The Morgan fingerprint density at radius 1 is 0.833 bits per heavy atom. The largest absolute Gasteiger partial charge is 0.423 e. The van der Waals surface area contributed by atoms with Gasteiger partial charge in [-0.3, -0.25) is 9.59 Å². The summed E-state index contributed by atoms with van der Waals surface area (Å²) in [5.74, 6) is -0.661. The van der Waals surface area contributed by atoms with E-state index in [1.54, 1.807) is 72.8 Å². The maximum absolute atomic E-state index is 12.3. The molecule has 0 aliphatic rings. The van der Waals surface area contributed by atoms with Gasteiger partial charge >= 0.3 is 5.97 Å². The van der Waals surface area contributed by atoms with Crippen molar-refractivity contribution in [1.29, 1.82) is 0 Å². The molecule has 0 aromatic heterocycles. The van der Waals surface area contributed by atoms with Gasteiger partial charge in [0.15, 0.2) is 0 Å². The smallest absolute Gasteiger partial charge is 0.345 e. The highest BCUT2D eigenvalue weighted by Gasteiger charge is 2.12. The number of nitrogens with one attached hydrogen (secondary N) is 2. The number of ether oxygens (including phenoxy) is 1. The van der Waals surface area contributed by atoms with E-state index in [1.807, 2.05) is 0 Å². The maximum atomic E-state index is 12.3. The molecule has 0 aliphatic carbocycles. The average Bonchev–Trinajstić information content (AvgIpc) is 2.86. The second-order valence-corrected chi connectivity index (χ2v) is 8.60. The molecular weight excluding hydrogens is 501 g/mol. The third-order valence-electron chi connectivity index (χ3n) is 5.05. The Bertz CT molecular complexity index is 1250. The monoisotopic (exact) mass is 525 g/mol. The first-order chi connectivity index (χ1) is 17.4. The van der Waals surface area contributed by atoms with Gasteiger partial charge in [0.1, 0.15) is 5.75 Å². The lowest BCUT2D eigenvalue weighted by atomic mass is 10.1. The van der Waals surface area contributed by atoms with Gasteiger partial charge in [-0.05, 0) is 54.8 Å². The van der Waals surface area contributed by atoms with Crippen LogP contribution >= 0.6 is 23.2 Å². The highest BCUT2D eigenvalue weighted by molar-refractivity contribution is 6.34. The molecule has 36 heavy (non-hydrogen) atoms. The molecule has 7 nitrogen and oxygen atoms in total. The number of halogens is 2. The molecule has 0 atom stereocenters. The Labute approximate surface area is 219 Å². The lowest BCUT2D eigenvalue weighted by Crippen LogP contribution is -2.24. The van der Waals surface area contributed by atoms with Gasteiger partial charge in [-0.25, -0.2) is 10.2 Å². The maximum Gasteiger partial charge on any atom is 0.345 e. The molecular formula is C27H25Cl2N3O4. The van der Waals surface area contributed by atoms with Crippen LogP contribution in [0.25, 0.3) is 0 Å². The Balaban J connectivity index is 1.34. The molecule has 186 valence electrons. The van der Waals surface area contributed by atoms with E-state index in [2.05, 4.69) is 15.8 Å². The summed E-state index contributed by atoms with van der Waals surface area (Å²) in [6.45, 7) is 0.501. The van der Waals surface area contributed by atoms with Crippen molar-refractivity contribution in [2.24, 2.45) is 5.10 Å². The van der Waals surface area contributed by atoms with Gasteiger partial charge in [0.2, 0.25) is 5.91 Å². The summed E-state index contributed by atoms with van der Waals surface area (Å²) in [5, 5.41) is 7.51. The third-order valence-corrected chi connectivity index (χ3v) is 5.71. The SMILES string of the molecule is O=C(CCCCCNC(=O)c1ccccc1Cl)NN=Cc1cccc(OC(=O)c2ccccc2Cl)c1. The van der Waals surface area contributed by atoms with Gasteiger partial charge in [-0.1, -0.05) is 66.0 Å². The fraction of sp³-hybridized carbons (Fsp3) is 0.185. The number of amides is 2. The zero-order valence-corrected chi connectivity index (χ0v) is 20.9. The molecule has 0 radical (unpaired) electrons. The highest BCUT2D eigenvalue weighted by atomic mass is 35.5. The molecule has 3 rings (SSSR count). The summed E-state index contributed by atoms with van der Waals surface area (Å²) < 4.78 is 5.38. The van der Waals surface area contributed by atoms with Crippen molar-refractivity contribution >= 4 is 47.2 Å². The zero-order valence-electron chi connectivity index (χ0n) is 19.4. The lowest BCUT2D eigenvalue weighted by molar-refractivity contribution is -0.121. The summed E-state index contributed by atoms with van der Waals surface area (Å²) in [5.41, 5.74) is 3.85. The molecule has 0 bridgehead atoms. The molecule has 0 aliphatic heterocycles. The number of hydrogen-bond acceptors (Lipinski definition) is 5. The second kappa shape index (κ2) is 14.0. The van der Waals surface area contributed by atoms with Crippen molar-refractivity contribution in [3.05, 3.63) is 99.5 Å². The quantitative estimate of drug-likeness (QED) is 0.111. The Morgan fingerprint density at radius 3 is 2.25 bits per heavy atom. The molecule has 0 saturated carbocycles. The van der Waals surface area contributed by atoms with E-state index < -0.39 is 5.97 Å². The third kappa shape index (κ3) is 8.52. The van der Waals surface area contributed by atoms with E-state index in [0.29, 0.717) is 46.3 Å². The molecule has 0 heterocycles. The van der Waals surface area contributed by atoms with E-state index in [9.17, 15) is 14.4 Å². The summed E-state index contributed by atoms with van der Waals surface area (Å²) in [4.78, 5) is 36.4. The highest BCUT2D eigenvalue weighted by Crippen LogP contribution is 2.19. The van der Waals surface area contributed by atoms with Crippen LogP contribution in [0.4, 0.5) is 0 Å². The minimum Gasteiger partial charge on any atom is -0.423 e. The molecule has 2 N–H and O–H groups in total. The number of unbranched alkanes of at least 4 members (excludes halogenated alkanes) is 2. The van der Waals surface area contributed by atoms with Crippen LogP contribution in [-0.4, -0.2) is 30.5 Å². The molecule has 0 unspecified atom stereocenters. The summed E-state index contributed by atoms with van der Waals surface area (Å²) in [6.07, 6.45) is 3.96. The second-order valence-electron chi connectivity index (χ2n) is 7.78. The van der Waals surface area contributed by atoms with Crippen molar-refractivity contribution in [1.82, 2.24) is 10.7 Å². The minimum atomic E-state index is -0.563. The molecule has 0 fully saturated rings. The number of carbonyl (C=O) groups excluding carboxylic acids is 3. The van der Waals surface area contributed by atoms with Crippen LogP contribution in [0.15, 0.2) is 77.9 Å². The van der Waals surface area contributed by atoms with Crippen LogP contribution in [0.3, 0.4) is 0 Å². The van der Waals surface area contributed by atoms with Crippen molar-refractivity contribution in [3.63, 3.8) is 0 Å². The standard InChI is InChI=1S/C27H25Cl2N3O4/c28-23-13-5-3-11-21(23)26(34)30-16-7-1-2-15-25(33)32-31-18-19-9-8-10-20(17-19)36-27(35)22-12-4-6-14-24(22)29/h3-6,8-14,17-18H,1-2,7,15-16H2,(H,30,34)(H,32,33). The number of carbonyl (C=O) groups is 3. The van der Waals surface area contributed by atoms with Gasteiger partial charge in [-0.2, -0.15) is 5.10 Å². The Morgan fingerprint density at radius 2 is 1.53 bits per heavy atom. The first-order valence-corrected chi connectivity index (χ1v) is 12.1. The van der Waals surface area contributed by atoms with Gasteiger partial charge in [0.05, 0.1) is 27.4 Å². The average molecular weight is 526 g/mol. The van der Waals surface area contributed by atoms with Crippen LogP contribution < -0.4 is 15.5 Å². The fourth-order valence-corrected chi connectivity index (χ4v) is 3.65. The van der Waals surface area contributed by atoms with Gasteiger partial charge in [0.25, 0.3) is 5.91 Å². The first-order valence-electron chi connectivity index (χ1n) is 11.4. The van der Waals surface area contributed by atoms with Crippen LogP contribution in [0.5, 0.6) is 5.75 Å². The lowest BCUT2D eigenvalue weighted by Gasteiger charge is -2.06. The van der Waals surface area contributed by atoms with E-state index in [-0.39, 0.29) is 17.4 Å². The minimum absolute atomic E-state index is 0.213. The number of nitrogens with zero attached hydrogens (tertiary/aromatic N) is 1. The van der Waals surface area contributed by atoms with Gasteiger partial charge in [0, 0.05) is 13.0 Å². The van der Waals surface area contributed by atoms with E-state index in [4.69, 9.17) is 27.9 Å².